The van der Waals surface area contributed by atoms with E-state index in [-0.39, 0.29) is 39.8 Å². The number of nitriles is 2. The van der Waals surface area contributed by atoms with Gasteiger partial charge in [-0.2, -0.15) is 10.5 Å². The highest BCUT2D eigenvalue weighted by Gasteiger charge is 2.18. The van der Waals surface area contributed by atoms with Crippen LogP contribution in [-0.2, 0) is 14.8 Å². The molecule has 0 fully saturated rings. The number of anilines is 1. The Hall–Kier alpha value is -4.48. The second-order valence-corrected chi connectivity index (χ2v) is 7.23. The predicted octanol–water partition coefficient (Wildman–Crippen LogP) is 3.26. The topological polar surface area (TPSA) is 153 Å². The zero-order valence-corrected chi connectivity index (χ0v) is 16.4. The number of nitrogens with one attached hydrogen (secondary N) is 1. The number of aromatic nitrogens is 1. The highest BCUT2D eigenvalue weighted by Crippen LogP contribution is 2.29. The number of nitrogens with zero attached hydrogens (tertiary/aromatic N) is 3. The number of carboxylic acid groups (broad SMARTS) is 1. The van der Waals surface area contributed by atoms with Gasteiger partial charge in [-0.05, 0) is 42.5 Å². The first kappa shape index (κ1) is 22.8. The lowest BCUT2D eigenvalue weighted by Crippen LogP contribution is -2.14. The molecule has 0 saturated heterocycles. The summed E-state index contributed by atoms with van der Waals surface area (Å²) in [5.74, 6) is -0.327. The van der Waals surface area contributed by atoms with Gasteiger partial charge in [-0.1, -0.05) is 12.1 Å². The lowest BCUT2D eigenvalue weighted by atomic mass is 10.2. The largest absolute Gasteiger partial charge is 0.483 e. The second kappa shape index (κ2) is 10.3. The summed E-state index contributed by atoms with van der Waals surface area (Å²) in [5.41, 5.74) is 0.231. The maximum absolute atomic E-state index is 12.9. The van der Waals surface area contributed by atoms with E-state index in [1.165, 1.54) is 18.2 Å². The molecule has 2 N–H and O–H groups in total. The van der Waals surface area contributed by atoms with Crippen LogP contribution in [0.1, 0.15) is 11.1 Å². The maximum atomic E-state index is 12.9. The molecule has 0 aliphatic carbocycles. The van der Waals surface area contributed by atoms with Crippen molar-refractivity contribution in [1.29, 1.82) is 10.5 Å². The number of sulfonamides is 1. The Morgan fingerprint density at radius 1 is 1.03 bits per heavy atom. The summed E-state index contributed by atoms with van der Waals surface area (Å²) in [7, 11) is -4.06. The molecule has 1 heterocycles. The first-order valence-electron chi connectivity index (χ1n) is 8.28. The van der Waals surface area contributed by atoms with Gasteiger partial charge in [-0.15, -0.1) is 0 Å². The van der Waals surface area contributed by atoms with Crippen LogP contribution in [0.2, 0.25) is 0 Å². The molecular formula is C20H13FN4O5S. The van der Waals surface area contributed by atoms with E-state index in [0.717, 1.165) is 18.3 Å². The van der Waals surface area contributed by atoms with Crippen LogP contribution < -0.4 is 9.46 Å². The summed E-state index contributed by atoms with van der Waals surface area (Å²) in [5, 5.41) is 25.4. The average molecular weight is 440 g/mol. The van der Waals surface area contributed by atoms with Gasteiger partial charge in [0.1, 0.15) is 35.3 Å². The minimum Gasteiger partial charge on any atom is -0.483 e. The fraction of sp³-hybridized carbons (Fsp3) is 0. The van der Waals surface area contributed by atoms with Crippen LogP contribution in [0.5, 0.6) is 11.5 Å². The van der Waals surface area contributed by atoms with Crippen LogP contribution in [0.15, 0.2) is 65.7 Å². The number of pyridine rings is 1. The summed E-state index contributed by atoms with van der Waals surface area (Å²) < 4.78 is 45.7. The number of hydrogen-bond donors (Lipinski definition) is 2. The van der Waals surface area contributed by atoms with E-state index in [1.807, 2.05) is 12.1 Å². The highest BCUT2D eigenvalue weighted by molar-refractivity contribution is 7.92. The number of halogens is 1. The molecule has 3 aromatic rings. The van der Waals surface area contributed by atoms with Gasteiger partial charge in [0.25, 0.3) is 16.5 Å². The number of benzene rings is 2. The van der Waals surface area contributed by atoms with Gasteiger partial charge in [0.05, 0.1) is 22.2 Å². The van der Waals surface area contributed by atoms with E-state index in [1.54, 1.807) is 24.3 Å². The third-order valence-electron chi connectivity index (χ3n) is 3.58. The molecule has 11 heteroatoms. The first-order valence-corrected chi connectivity index (χ1v) is 9.76. The third-order valence-corrected chi connectivity index (χ3v) is 4.93. The fourth-order valence-electron chi connectivity index (χ4n) is 2.25. The van der Waals surface area contributed by atoms with Crippen molar-refractivity contribution in [3.63, 3.8) is 0 Å². The molecule has 0 amide bonds. The summed E-state index contributed by atoms with van der Waals surface area (Å²) >= 11 is 0. The van der Waals surface area contributed by atoms with Gasteiger partial charge in [-0.25, -0.2) is 17.8 Å². The van der Waals surface area contributed by atoms with Crippen molar-refractivity contribution in [3.8, 4) is 23.6 Å². The van der Waals surface area contributed by atoms with Gasteiger partial charge in [0.2, 0.25) is 0 Å². The summed E-state index contributed by atoms with van der Waals surface area (Å²) in [4.78, 5) is 11.8. The standard InChI is InChI=1S/C19H11FN4O3S.CH2O2/c20-15-5-8-19(23-12-15)24-28(25,26)16-6-7-18(14(9-16)11-22)27-17-4-2-1-3-13(17)10-21;2-1-3/h1-9,12H,(H,23,24);1H,(H,2,3). The Morgan fingerprint density at radius 2 is 1.68 bits per heavy atom. The molecule has 0 bridgehead atoms. The maximum Gasteiger partial charge on any atom is 0.290 e. The molecule has 0 radical (unpaired) electrons. The summed E-state index contributed by atoms with van der Waals surface area (Å²) in [6.45, 7) is -0.250. The molecule has 156 valence electrons. The zero-order chi connectivity index (χ0) is 22.9. The Balaban J connectivity index is 0.00000107. The molecule has 3 rings (SSSR count). The highest BCUT2D eigenvalue weighted by atomic mass is 32.2. The van der Waals surface area contributed by atoms with Gasteiger partial charge >= 0.3 is 0 Å². The summed E-state index contributed by atoms with van der Waals surface area (Å²) in [6, 6.07) is 16.2. The molecule has 2 aromatic carbocycles. The molecule has 31 heavy (non-hydrogen) atoms. The zero-order valence-electron chi connectivity index (χ0n) is 15.6. The Kier molecular flexibility index (Phi) is 7.61. The van der Waals surface area contributed by atoms with E-state index in [9.17, 15) is 18.1 Å². The van der Waals surface area contributed by atoms with Crippen LogP contribution >= 0.6 is 0 Å². The number of rotatable bonds is 5. The minimum absolute atomic E-state index is 0.0392. The van der Waals surface area contributed by atoms with Crippen molar-refractivity contribution in [3.05, 3.63) is 77.7 Å². The summed E-state index contributed by atoms with van der Waals surface area (Å²) in [6.07, 6.45) is 0.877. The molecule has 0 aliphatic rings. The van der Waals surface area contributed by atoms with Crippen molar-refractivity contribution in [1.82, 2.24) is 4.98 Å². The van der Waals surface area contributed by atoms with Crippen molar-refractivity contribution < 1.29 is 27.4 Å². The molecule has 0 unspecified atom stereocenters. The Bertz CT molecular complexity index is 1270. The van der Waals surface area contributed by atoms with Crippen LogP contribution in [0.25, 0.3) is 0 Å². The molecule has 0 spiro atoms. The van der Waals surface area contributed by atoms with Crippen molar-refractivity contribution >= 4 is 22.3 Å². The molecular weight excluding hydrogens is 427 g/mol. The van der Waals surface area contributed by atoms with Crippen LogP contribution in [-0.4, -0.2) is 25.0 Å². The molecule has 1 aromatic heterocycles. The van der Waals surface area contributed by atoms with Crippen molar-refractivity contribution in [2.45, 2.75) is 4.90 Å². The average Bonchev–Trinajstić information content (AvgIpc) is 2.76. The molecule has 0 saturated carbocycles. The van der Waals surface area contributed by atoms with Crippen LogP contribution in [0.4, 0.5) is 10.2 Å². The molecule has 0 aliphatic heterocycles. The normalized spacial score (nSPS) is 9.90. The lowest BCUT2D eigenvalue weighted by molar-refractivity contribution is -0.122. The van der Waals surface area contributed by atoms with E-state index in [4.69, 9.17) is 19.9 Å². The fourth-order valence-corrected chi connectivity index (χ4v) is 3.29. The third kappa shape index (κ3) is 6.00. The van der Waals surface area contributed by atoms with E-state index >= 15 is 0 Å². The van der Waals surface area contributed by atoms with Gasteiger partial charge < -0.3 is 9.84 Å². The number of carbonyl (C=O) groups is 1. The van der Waals surface area contributed by atoms with Crippen LogP contribution in [0, 0.1) is 28.5 Å². The van der Waals surface area contributed by atoms with Crippen molar-refractivity contribution in [2.75, 3.05) is 4.72 Å². The predicted molar refractivity (Wildman–Crippen MR) is 106 cm³/mol. The molecule has 0 atom stereocenters. The van der Waals surface area contributed by atoms with Gasteiger partial charge in [0, 0.05) is 0 Å². The van der Waals surface area contributed by atoms with E-state index in [0.29, 0.717) is 0 Å². The smallest absolute Gasteiger partial charge is 0.290 e. The Labute approximate surface area is 176 Å². The second-order valence-electron chi connectivity index (χ2n) is 5.55. The number of para-hydroxylation sites is 1. The number of hydrogen-bond acceptors (Lipinski definition) is 7. The lowest BCUT2D eigenvalue weighted by Gasteiger charge is -2.11. The van der Waals surface area contributed by atoms with Gasteiger partial charge in [0.15, 0.2) is 0 Å². The van der Waals surface area contributed by atoms with E-state index < -0.39 is 15.8 Å². The van der Waals surface area contributed by atoms with Crippen LogP contribution in [0.3, 0.4) is 0 Å². The van der Waals surface area contributed by atoms with E-state index in [2.05, 4.69) is 9.71 Å². The molecule has 9 nitrogen and oxygen atoms in total. The number of ether oxygens (including phenoxy) is 1. The SMILES string of the molecule is N#Cc1ccccc1Oc1ccc(S(=O)(=O)Nc2ccc(F)cn2)cc1C#N.O=CO. The quantitative estimate of drug-likeness (QED) is 0.573. The first-order chi connectivity index (χ1) is 14.8. The van der Waals surface area contributed by atoms with Gasteiger partial charge in [-0.3, -0.25) is 9.52 Å². The van der Waals surface area contributed by atoms with Crippen molar-refractivity contribution in [2.24, 2.45) is 0 Å². The Morgan fingerprint density at radius 3 is 2.29 bits per heavy atom. The minimum atomic E-state index is -4.06. The monoisotopic (exact) mass is 440 g/mol.